The van der Waals surface area contributed by atoms with E-state index in [0.29, 0.717) is 15.1 Å². The molecule has 0 fully saturated rings. The Labute approximate surface area is 158 Å². The van der Waals surface area contributed by atoms with Gasteiger partial charge in [0.2, 0.25) is 5.72 Å². The molecule has 0 saturated carbocycles. The fourth-order valence-corrected chi connectivity index (χ4v) is 5.16. The molecule has 5 rings (SSSR count). The lowest BCUT2D eigenvalue weighted by Gasteiger charge is -2.45. The lowest BCUT2D eigenvalue weighted by atomic mass is 9.79. The van der Waals surface area contributed by atoms with Crippen LogP contribution in [0.5, 0.6) is 5.75 Å². The molecule has 0 spiro atoms. The van der Waals surface area contributed by atoms with Gasteiger partial charge in [0.15, 0.2) is 4.80 Å². The first-order chi connectivity index (χ1) is 13.0. The number of ether oxygens (including phenoxy) is 1. The summed E-state index contributed by atoms with van der Waals surface area (Å²) in [6, 6.07) is 8.89. The molecule has 3 aromatic rings. The fraction of sp³-hybridized carbons (Fsp3) is 0.250. The Hall–Kier alpha value is -2.93. The van der Waals surface area contributed by atoms with E-state index in [0.717, 1.165) is 11.1 Å². The summed E-state index contributed by atoms with van der Waals surface area (Å²) >= 11 is 1.30. The molecule has 6 nitrogen and oxygen atoms in total. The average molecular weight is 380 g/mol. The van der Waals surface area contributed by atoms with E-state index in [1.165, 1.54) is 18.3 Å². The zero-order valence-electron chi connectivity index (χ0n) is 14.7. The number of hydrogen-bond acceptors (Lipinski definition) is 6. The first-order valence-electron chi connectivity index (χ1n) is 8.61. The van der Waals surface area contributed by atoms with Crippen molar-refractivity contribution >= 4 is 23.2 Å². The summed E-state index contributed by atoms with van der Waals surface area (Å²) < 4.78 is 13.4. The highest BCUT2D eigenvalue weighted by molar-refractivity contribution is 7.07. The van der Waals surface area contributed by atoms with Gasteiger partial charge in [-0.2, -0.15) is 0 Å². The quantitative estimate of drug-likeness (QED) is 0.680. The van der Waals surface area contributed by atoms with Gasteiger partial charge in [-0.1, -0.05) is 29.5 Å². The second-order valence-electron chi connectivity index (χ2n) is 6.96. The van der Waals surface area contributed by atoms with Gasteiger partial charge in [-0.3, -0.25) is 14.2 Å². The number of thiazole rings is 1. The molecule has 0 amide bonds. The maximum atomic E-state index is 13.2. The van der Waals surface area contributed by atoms with Crippen molar-refractivity contribution in [2.75, 3.05) is 0 Å². The Balaban J connectivity index is 1.85. The normalized spacial score (nSPS) is 25.9. The van der Waals surface area contributed by atoms with Crippen molar-refractivity contribution in [2.45, 2.75) is 25.6 Å². The highest BCUT2D eigenvalue weighted by Gasteiger charge is 2.53. The molecule has 136 valence electrons. The van der Waals surface area contributed by atoms with Gasteiger partial charge in [-0.15, -0.1) is 0 Å². The summed E-state index contributed by atoms with van der Waals surface area (Å²) in [5.41, 5.74) is 0.450. The van der Waals surface area contributed by atoms with Crippen LogP contribution < -0.4 is 19.6 Å². The van der Waals surface area contributed by atoms with Gasteiger partial charge >= 0.3 is 0 Å². The summed E-state index contributed by atoms with van der Waals surface area (Å²) in [7, 11) is 0. The van der Waals surface area contributed by atoms with Gasteiger partial charge in [0, 0.05) is 11.1 Å². The Morgan fingerprint density at radius 2 is 2.15 bits per heavy atom. The van der Waals surface area contributed by atoms with E-state index in [4.69, 9.17) is 14.1 Å². The second kappa shape index (κ2) is 5.53. The summed E-state index contributed by atoms with van der Waals surface area (Å²) in [5.74, 6) is 0.0502. The molecule has 2 aliphatic heterocycles. The maximum Gasteiger partial charge on any atom is 0.270 e. The zero-order chi connectivity index (χ0) is 18.8. The number of ketones is 1. The second-order valence-corrected chi connectivity index (χ2v) is 7.97. The Morgan fingerprint density at radius 1 is 1.33 bits per heavy atom. The van der Waals surface area contributed by atoms with Crippen LogP contribution in [0.25, 0.3) is 6.08 Å². The molecule has 4 heterocycles. The van der Waals surface area contributed by atoms with E-state index in [1.807, 2.05) is 31.2 Å². The number of rotatable bonds is 2. The molecule has 2 bridgehead atoms. The molecule has 27 heavy (non-hydrogen) atoms. The van der Waals surface area contributed by atoms with E-state index in [2.05, 4.69) is 0 Å². The number of hydrogen-bond donors (Lipinski definition) is 0. The number of aromatic nitrogens is 1. The zero-order valence-corrected chi connectivity index (χ0v) is 15.5. The van der Waals surface area contributed by atoms with E-state index in [-0.39, 0.29) is 11.3 Å². The van der Waals surface area contributed by atoms with Crippen LogP contribution in [0, 0.1) is 5.92 Å². The van der Waals surface area contributed by atoms with Gasteiger partial charge in [0.25, 0.3) is 5.56 Å². The maximum absolute atomic E-state index is 13.2. The van der Waals surface area contributed by atoms with Gasteiger partial charge in [-0.25, -0.2) is 4.99 Å². The van der Waals surface area contributed by atoms with Crippen molar-refractivity contribution in [3.8, 4) is 5.75 Å². The number of nitrogens with zero attached hydrogens (tertiary/aromatic N) is 2. The van der Waals surface area contributed by atoms with Crippen molar-refractivity contribution < 1.29 is 13.9 Å². The van der Waals surface area contributed by atoms with E-state index in [9.17, 15) is 9.59 Å². The molecule has 7 heteroatoms. The molecule has 1 aromatic carbocycles. The van der Waals surface area contributed by atoms with Crippen molar-refractivity contribution in [1.29, 1.82) is 0 Å². The molecule has 0 saturated heterocycles. The van der Waals surface area contributed by atoms with Crippen LogP contribution in [0.15, 0.2) is 57.1 Å². The molecule has 2 unspecified atom stereocenters. The Bertz CT molecular complexity index is 1240. The van der Waals surface area contributed by atoms with E-state index in [1.54, 1.807) is 29.2 Å². The van der Waals surface area contributed by atoms with Crippen LogP contribution in [0.4, 0.5) is 0 Å². The van der Waals surface area contributed by atoms with Gasteiger partial charge in [0.05, 0.1) is 23.1 Å². The minimum Gasteiger partial charge on any atom is -0.472 e. The lowest BCUT2D eigenvalue weighted by Crippen LogP contribution is -2.58. The number of carbonyl (C=O) groups excluding carboxylic acids is 1. The summed E-state index contributed by atoms with van der Waals surface area (Å²) in [4.78, 5) is 31.0. The van der Waals surface area contributed by atoms with Crippen LogP contribution in [0.2, 0.25) is 0 Å². The van der Waals surface area contributed by atoms with Crippen LogP contribution in [-0.2, 0) is 4.79 Å². The molecule has 2 aromatic heterocycles. The summed E-state index contributed by atoms with van der Waals surface area (Å²) in [5, 5.41) is 0. The number of fused-ring (bicyclic) bond motifs is 6. The van der Waals surface area contributed by atoms with Crippen LogP contribution in [0.3, 0.4) is 0 Å². The number of para-hydroxylation sites is 1. The van der Waals surface area contributed by atoms with Crippen LogP contribution >= 0.6 is 11.3 Å². The predicted octanol–water partition coefficient (Wildman–Crippen LogP) is 1.87. The third-order valence-corrected chi connectivity index (χ3v) is 6.14. The van der Waals surface area contributed by atoms with Crippen molar-refractivity contribution in [3.63, 3.8) is 0 Å². The number of benzene rings is 1. The smallest absolute Gasteiger partial charge is 0.270 e. The minimum absolute atomic E-state index is 0.0510. The number of furan rings is 1. The summed E-state index contributed by atoms with van der Waals surface area (Å²) in [6.07, 6.45) is 4.92. The SMILES string of the molecule is CC(=O)C1C2c3ccccc3O[C@]1(C)N=c1sc(=Cc3ccoc3)c(=O)n12. The molecular weight excluding hydrogens is 364 g/mol. The largest absolute Gasteiger partial charge is 0.472 e. The van der Waals surface area contributed by atoms with Crippen molar-refractivity contribution in [3.05, 3.63) is 73.7 Å². The fourth-order valence-electron chi connectivity index (χ4n) is 4.06. The Morgan fingerprint density at radius 3 is 2.89 bits per heavy atom. The monoisotopic (exact) mass is 380 g/mol. The standard InChI is InChI=1S/C20H16N2O4S/c1-11(23)16-17-13-5-3-4-6-14(13)26-20(16,2)21-19-22(17)18(24)15(27-19)9-12-7-8-25-10-12/h3-10,16-17H,1-2H3/t16?,17?,20-/m0/s1. The van der Waals surface area contributed by atoms with E-state index < -0.39 is 17.7 Å². The number of Topliss-reactive ketones (excluding diaryl/α,β-unsaturated/α-hetero) is 1. The molecular formula is C20H16N2O4S. The van der Waals surface area contributed by atoms with Gasteiger partial charge < -0.3 is 9.15 Å². The molecule has 0 radical (unpaired) electrons. The first-order valence-corrected chi connectivity index (χ1v) is 9.43. The van der Waals surface area contributed by atoms with Crippen molar-refractivity contribution in [2.24, 2.45) is 10.9 Å². The molecule has 3 atom stereocenters. The first kappa shape index (κ1) is 16.3. The van der Waals surface area contributed by atoms with Gasteiger partial charge in [-0.05, 0) is 32.1 Å². The highest BCUT2D eigenvalue weighted by atomic mass is 32.1. The molecule has 0 aliphatic carbocycles. The Kier molecular flexibility index (Phi) is 3.33. The third-order valence-electron chi connectivity index (χ3n) is 5.16. The highest BCUT2D eigenvalue weighted by Crippen LogP contribution is 2.47. The van der Waals surface area contributed by atoms with Gasteiger partial charge in [0.1, 0.15) is 17.5 Å². The lowest BCUT2D eigenvalue weighted by molar-refractivity contribution is -0.132. The molecule has 0 N–H and O–H groups in total. The van der Waals surface area contributed by atoms with Crippen molar-refractivity contribution in [1.82, 2.24) is 4.57 Å². The minimum atomic E-state index is -1.03. The third kappa shape index (κ3) is 2.28. The van der Waals surface area contributed by atoms with E-state index >= 15 is 0 Å². The van der Waals surface area contributed by atoms with Crippen LogP contribution in [0.1, 0.15) is 31.0 Å². The number of carbonyl (C=O) groups is 1. The predicted molar refractivity (Wildman–Crippen MR) is 99.4 cm³/mol. The summed E-state index contributed by atoms with van der Waals surface area (Å²) in [6.45, 7) is 3.35. The topological polar surface area (TPSA) is 73.8 Å². The molecule has 2 aliphatic rings. The van der Waals surface area contributed by atoms with Crippen LogP contribution in [-0.4, -0.2) is 16.1 Å². The average Bonchev–Trinajstić information content (AvgIpc) is 3.22.